The molecule has 1 aliphatic carbocycles. The summed E-state index contributed by atoms with van der Waals surface area (Å²) in [5.41, 5.74) is 0. The zero-order valence-corrected chi connectivity index (χ0v) is 13.2. The van der Waals surface area contributed by atoms with Crippen LogP contribution in [0.1, 0.15) is 39.5 Å². The fourth-order valence-electron chi connectivity index (χ4n) is 3.63. The van der Waals surface area contributed by atoms with E-state index in [9.17, 15) is 0 Å². The summed E-state index contributed by atoms with van der Waals surface area (Å²) in [5, 5.41) is 3.43. The molecule has 0 bridgehead atoms. The summed E-state index contributed by atoms with van der Waals surface area (Å²) in [5.74, 6) is 1.87. The van der Waals surface area contributed by atoms with Crippen molar-refractivity contribution < 1.29 is 0 Å². The largest absolute Gasteiger partial charge is 0.314 e. The Hall–Kier alpha value is -0.120. The highest BCUT2D eigenvalue weighted by atomic mass is 15.2. The van der Waals surface area contributed by atoms with Gasteiger partial charge in [0.2, 0.25) is 0 Å². The molecule has 0 aromatic rings. The van der Waals surface area contributed by atoms with E-state index in [0.29, 0.717) is 0 Å². The van der Waals surface area contributed by atoms with Crippen LogP contribution in [-0.2, 0) is 0 Å². The van der Waals surface area contributed by atoms with Gasteiger partial charge in [-0.2, -0.15) is 0 Å². The van der Waals surface area contributed by atoms with Gasteiger partial charge in [0.05, 0.1) is 0 Å². The van der Waals surface area contributed by atoms with Gasteiger partial charge in [0.25, 0.3) is 0 Å². The van der Waals surface area contributed by atoms with Crippen LogP contribution < -0.4 is 5.32 Å². The molecule has 3 heteroatoms. The van der Waals surface area contributed by atoms with E-state index in [-0.39, 0.29) is 0 Å². The average Bonchev–Trinajstić information content (AvgIpc) is 2.46. The lowest BCUT2D eigenvalue weighted by molar-refractivity contribution is 0.127. The van der Waals surface area contributed by atoms with Crippen LogP contribution >= 0.6 is 0 Å². The molecule has 0 aromatic carbocycles. The molecule has 0 atom stereocenters. The predicted molar refractivity (Wildman–Crippen MR) is 82.5 cm³/mol. The van der Waals surface area contributed by atoms with Crippen molar-refractivity contribution in [2.24, 2.45) is 11.8 Å². The molecule has 0 aromatic heterocycles. The van der Waals surface area contributed by atoms with Crippen molar-refractivity contribution in [1.29, 1.82) is 0 Å². The van der Waals surface area contributed by atoms with E-state index < -0.39 is 0 Å². The first kappa shape index (κ1) is 15.3. The molecular formula is C16H33N3. The van der Waals surface area contributed by atoms with Crippen LogP contribution in [0.3, 0.4) is 0 Å². The fraction of sp³-hybridized carbons (Fsp3) is 1.00. The lowest BCUT2D eigenvalue weighted by Crippen LogP contribution is -2.47. The van der Waals surface area contributed by atoms with Crippen LogP contribution in [0.5, 0.6) is 0 Å². The van der Waals surface area contributed by atoms with E-state index in [4.69, 9.17) is 0 Å². The summed E-state index contributed by atoms with van der Waals surface area (Å²) in [4.78, 5) is 5.23. The minimum absolute atomic E-state index is 0.845. The topological polar surface area (TPSA) is 18.5 Å². The zero-order chi connectivity index (χ0) is 13.7. The van der Waals surface area contributed by atoms with Gasteiger partial charge in [-0.25, -0.2) is 0 Å². The third kappa shape index (κ3) is 4.73. The molecule has 1 aliphatic heterocycles. The molecule has 2 aliphatic rings. The summed E-state index contributed by atoms with van der Waals surface area (Å²) >= 11 is 0. The van der Waals surface area contributed by atoms with Gasteiger partial charge in [0, 0.05) is 45.3 Å². The first-order valence-electron chi connectivity index (χ1n) is 8.30. The molecule has 1 saturated heterocycles. The van der Waals surface area contributed by atoms with Crippen LogP contribution in [0.4, 0.5) is 0 Å². The van der Waals surface area contributed by atoms with Crippen molar-refractivity contribution in [3.63, 3.8) is 0 Å². The lowest BCUT2D eigenvalue weighted by atomic mass is 9.79. The molecule has 3 nitrogen and oxygen atoms in total. The van der Waals surface area contributed by atoms with Crippen LogP contribution in [0.2, 0.25) is 0 Å². The van der Waals surface area contributed by atoms with E-state index in [1.165, 1.54) is 65.0 Å². The summed E-state index contributed by atoms with van der Waals surface area (Å²) in [7, 11) is 2.34. The Morgan fingerprint density at radius 3 is 2.32 bits per heavy atom. The van der Waals surface area contributed by atoms with Gasteiger partial charge >= 0.3 is 0 Å². The zero-order valence-electron chi connectivity index (χ0n) is 13.2. The summed E-state index contributed by atoms with van der Waals surface area (Å²) in [6, 6.07) is 0.845. The Balaban J connectivity index is 1.64. The van der Waals surface area contributed by atoms with Gasteiger partial charge in [-0.05, 0) is 44.6 Å². The molecule has 2 fully saturated rings. The minimum atomic E-state index is 0.845. The van der Waals surface area contributed by atoms with Crippen molar-refractivity contribution >= 4 is 0 Å². The summed E-state index contributed by atoms with van der Waals surface area (Å²) < 4.78 is 0. The SMILES string of the molecule is CC(C)C1CCC(N(C)CCN2CCNCC2)CC1. The number of nitrogens with one attached hydrogen (secondary N) is 1. The number of likely N-dealkylation sites (N-methyl/N-ethyl adjacent to an activating group) is 1. The Labute approximate surface area is 119 Å². The fourth-order valence-corrected chi connectivity index (χ4v) is 3.63. The minimum Gasteiger partial charge on any atom is -0.314 e. The highest BCUT2D eigenvalue weighted by molar-refractivity contribution is 4.80. The maximum absolute atomic E-state index is 3.43. The smallest absolute Gasteiger partial charge is 0.0110 e. The maximum atomic E-state index is 3.43. The molecule has 0 amide bonds. The lowest BCUT2D eigenvalue weighted by Gasteiger charge is -2.37. The van der Waals surface area contributed by atoms with Gasteiger partial charge in [0.15, 0.2) is 0 Å². The molecule has 2 rings (SSSR count). The summed E-state index contributed by atoms with van der Waals surface area (Å²) in [6.07, 6.45) is 5.72. The molecule has 112 valence electrons. The average molecular weight is 267 g/mol. The van der Waals surface area contributed by atoms with Crippen molar-refractivity contribution in [1.82, 2.24) is 15.1 Å². The third-order valence-electron chi connectivity index (χ3n) is 5.29. The van der Waals surface area contributed by atoms with Crippen molar-refractivity contribution in [3.05, 3.63) is 0 Å². The van der Waals surface area contributed by atoms with Gasteiger partial charge < -0.3 is 10.2 Å². The highest BCUT2D eigenvalue weighted by Gasteiger charge is 2.25. The van der Waals surface area contributed by atoms with Crippen LogP contribution in [0.25, 0.3) is 0 Å². The number of rotatable bonds is 5. The van der Waals surface area contributed by atoms with E-state index in [2.05, 4.69) is 36.0 Å². The molecule has 0 spiro atoms. The number of hydrogen-bond acceptors (Lipinski definition) is 3. The molecule has 1 N–H and O–H groups in total. The molecule has 19 heavy (non-hydrogen) atoms. The van der Waals surface area contributed by atoms with Crippen molar-refractivity contribution in [2.45, 2.75) is 45.6 Å². The van der Waals surface area contributed by atoms with E-state index in [1.54, 1.807) is 0 Å². The maximum Gasteiger partial charge on any atom is 0.0110 e. The molecule has 1 heterocycles. The predicted octanol–water partition coefficient (Wildman–Crippen LogP) is 2.04. The Morgan fingerprint density at radius 2 is 1.74 bits per heavy atom. The Bertz CT molecular complexity index is 240. The van der Waals surface area contributed by atoms with Crippen molar-refractivity contribution in [3.8, 4) is 0 Å². The molecule has 1 saturated carbocycles. The van der Waals surface area contributed by atoms with E-state index >= 15 is 0 Å². The Morgan fingerprint density at radius 1 is 1.11 bits per heavy atom. The molecule has 0 radical (unpaired) electrons. The number of piperazine rings is 1. The second-order valence-electron chi connectivity index (χ2n) is 6.88. The molecule has 0 unspecified atom stereocenters. The third-order valence-corrected chi connectivity index (χ3v) is 5.29. The molecular weight excluding hydrogens is 234 g/mol. The normalized spacial score (nSPS) is 30.2. The second-order valence-corrected chi connectivity index (χ2v) is 6.88. The van der Waals surface area contributed by atoms with E-state index in [0.717, 1.165) is 17.9 Å². The van der Waals surface area contributed by atoms with Crippen molar-refractivity contribution in [2.75, 3.05) is 46.3 Å². The quantitative estimate of drug-likeness (QED) is 0.822. The first-order valence-corrected chi connectivity index (χ1v) is 8.30. The second kappa shape index (κ2) is 7.61. The van der Waals surface area contributed by atoms with Crippen LogP contribution in [-0.4, -0.2) is 62.2 Å². The Kier molecular flexibility index (Phi) is 6.11. The number of hydrogen-bond donors (Lipinski definition) is 1. The van der Waals surface area contributed by atoms with Gasteiger partial charge in [0.1, 0.15) is 0 Å². The summed E-state index contributed by atoms with van der Waals surface area (Å²) in [6.45, 7) is 12.1. The van der Waals surface area contributed by atoms with Crippen LogP contribution in [0, 0.1) is 11.8 Å². The standard InChI is InChI=1S/C16H33N3/c1-14(2)15-4-6-16(7-5-15)18(3)12-13-19-10-8-17-9-11-19/h14-17H,4-13H2,1-3H3. The van der Waals surface area contributed by atoms with Gasteiger partial charge in [-0.3, -0.25) is 4.90 Å². The van der Waals surface area contributed by atoms with E-state index in [1.807, 2.05) is 0 Å². The first-order chi connectivity index (χ1) is 9.16. The number of nitrogens with zero attached hydrogens (tertiary/aromatic N) is 2. The highest BCUT2D eigenvalue weighted by Crippen LogP contribution is 2.31. The van der Waals surface area contributed by atoms with Crippen LogP contribution in [0.15, 0.2) is 0 Å². The van der Waals surface area contributed by atoms with Gasteiger partial charge in [-0.15, -0.1) is 0 Å². The monoisotopic (exact) mass is 267 g/mol. The van der Waals surface area contributed by atoms with Gasteiger partial charge in [-0.1, -0.05) is 13.8 Å².